The highest BCUT2D eigenvalue weighted by atomic mass is 32.2. The van der Waals surface area contributed by atoms with E-state index in [9.17, 15) is 14.9 Å². The monoisotopic (exact) mass is 384 g/mol. The lowest BCUT2D eigenvalue weighted by Gasteiger charge is -2.08. The molecule has 1 aromatic carbocycles. The van der Waals surface area contributed by atoms with Crippen molar-refractivity contribution < 1.29 is 9.72 Å². The highest BCUT2D eigenvalue weighted by molar-refractivity contribution is 7.98. The van der Waals surface area contributed by atoms with Gasteiger partial charge in [-0.3, -0.25) is 19.9 Å². The molecular weight excluding hydrogens is 368 g/mol. The number of rotatable bonds is 7. The van der Waals surface area contributed by atoms with Gasteiger partial charge < -0.3 is 10.3 Å². The second-order valence-electron chi connectivity index (χ2n) is 5.54. The molecule has 0 aliphatic heterocycles. The number of carbonyl (C=O) groups is 1. The van der Waals surface area contributed by atoms with Gasteiger partial charge in [0.05, 0.1) is 4.92 Å². The number of hydrogen-bond acceptors (Lipinski definition) is 7. The SMILES string of the molecule is CCn1c(SCc2ccc(C(N)=O)cc2[N+](=O)[O-])nnc1-c1ccncc1. The van der Waals surface area contributed by atoms with Crippen LogP contribution in [0, 0.1) is 10.1 Å². The minimum Gasteiger partial charge on any atom is -0.366 e. The lowest BCUT2D eigenvalue weighted by Crippen LogP contribution is -2.11. The molecule has 0 saturated heterocycles. The van der Waals surface area contributed by atoms with Crippen molar-refractivity contribution in [2.75, 3.05) is 0 Å². The van der Waals surface area contributed by atoms with E-state index >= 15 is 0 Å². The van der Waals surface area contributed by atoms with Crippen LogP contribution in [0.5, 0.6) is 0 Å². The minimum atomic E-state index is -0.704. The van der Waals surface area contributed by atoms with Crippen LogP contribution in [0.1, 0.15) is 22.8 Å². The smallest absolute Gasteiger partial charge is 0.274 e. The van der Waals surface area contributed by atoms with Gasteiger partial charge in [0.25, 0.3) is 5.69 Å². The Hall–Kier alpha value is -3.27. The molecule has 0 atom stereocenters. The number of pyridine rings is 1. The first-order chi connectivity index (χ1) is 13.0. The molecule has 2 heterocycles. The lowest BCUT2D eigenvalue weighted by atomic mass is 10.1. The quantitative estimate of drug-likeness (QED) is 0.376. The van der Waals surface area contributed by atoms with Gasteiger partial charge in [-0.15, -0.1) is 10.2 Å². The van der Waals surface area contributed by atoms with Gasteiger partial charge in [0.15, 0.2) is 11.0 Å². The molecule has 0 spiro atoms. The summed E-state index contributed by atoms with van der Waals surface area (Å²) in [4.78, 5) is 26.1. The van der Waals surface area contributed by atoms with Crippen molar-refractivity contribution in [3.63, 3.8) is 0 Å². The third-order valence-electron chi connectivity index (χ3n) is 3.89. The van der Waals surface area contributed by atoms with Crippen LogP contribution < -0.4 is 5.73 Å². The molecule has 0 radical (unpaired) electrons. The van der Waals surface area contributed by atoms with Crippen molar-refractivity contribution in [3.8, 4) is 11.4 Å². The number of amides is 1. The number of nitro benzene ring substituents is 1. The Bertz CT molecular complexity index is 990. The summed E-state index contributed by atoms with van der Waals surface area (Å²) in [6.45, 7) is 2.62. The fourth-order valence-corrected chi connectivity index (χ4v) is 3.55. The molecule has 27 heavy (non-hydrogen) atoms. The Labute approximate surface area is 158 Å². The number of nitrogens with zero attached hydrogens (tertiary/aromatic N) is 5. The Morgan fingerprint density at radius 2 is 2.00 bits per heavy atom. The molecule has 10 heteroatoms. The third-order valence-corrected chi connectivity index (χ3v) is 4.91. The van der Waals surface area contributed by atoms with E-state index in [0.29, 0.717) is 28.8 Å². The van der Waals surface area contributed by atoms with E-state index in [1.807, 2.05) is 23.6 Å². The van der Waals surface area contributed by atoms with Crippen LogP contribution in [0.4, 0.5) is 5.69 Å². The Morgan fingerprint density at radius 3 is 2.63 bits per heavy atom. The average Bonchev–Trinajstić information content (AvgIpc) is 3.09. The van der Waals surface area contributed by atoms with Crippen molar-refractivity contribution in [3.05, 3.63) is 64.0 Å². The van der Waals surface area contributed by atoms with Crippen LogP contribution >= 0.6 is 11.8 Å². The van der Waals surface area contributed by atoms with Crippen molar-refractivity contribution >= 4 is 23.4 Å². The van der Waals surface area contributed by atoms with Crippen LogP contribution in [-0.4, -0.2) is 30.6 Å². The van der Waals surface area contributed by atoms with Gasteiger partial charge in [0.2, 0.25) is 5.91 Å². The van der Waals surface area contributed by atoms with Gasteiger partial charge in [0, 0.05) is 47.4 Å². The molecular formula is C17H16N6O3S. The van der Waals surface area contributed by atoms with Crippen molar-refractivity contribution in [2.45, 2.75) is 24.4 Å². The maximum absolute atomic E-state index is 11.3. The first-order valence-corrected chi connectivity index (χ1v) is 9.03. The standard InChI is InChI=1S/C17H16N6O3S/c1-2-22-16(11-5-7-19-8-6-11)20-21-17(22)27-10-13-4-3-12(15(18)24)9-14(13)23(25)26/h3-9H,2,10H2,1H3,(H2,18,24). The summed E-state index contributed by atoms with van der Waals surface area (Å²) >= 11 is 1.34. The summed E-state index contributed by atoms with van der Waals surface area (Å²) in [5.41, 5.74) is 6.53. The normalized spacial score (nSPS) is 10.7. The van der Waals surface area contributed by atoms with Crippen LogP contribution in [0.3, 0.4) is 0 Å². The molecule has 2 N–H and O–H groups in total. The number of thioether (sulfide) groups is 1. The second-order valence-corrected chi connectivity index (χ2v) is 6.48. The number of nitro groups is 1. The van der Waals surface area contributed by atoms with Crippen LogP contribution in [0.2, 0.25) is 0 Å². The largest absolute Gasteiger partial charge is 0.366 e. The molecule has 138 valence electrons. The molecule has 0 bridgehead atoms. The first kappa shape index (κ1) is 18.5. The molecule has 0 fully saturated rings. The molecule has 0 aliphatic carbocycles. The number of nitrogens with two attached hydrogens (primary N) is 1. The zero-order chi connectivity index (χ0) is 19.4. The van der Waals surface area contributed by atoms with E-state index in [-0.39, 0.29) is 11.3 Å². The third kappa shape index (κ3) is 3.95. The summed E-state index contributed by atoms with van der Waals surface area (Å²) in [6, 6.07) is 7.92. The molecule has 0 unspecified atom stereocenters. The van der Waals surface area contributed by atoms with Gasteiger partial charge in [-0.1, -0.05) is 17.8 Å². The predicted molar refractivity (Wildman–Crippen MR) is 100 cm³/mol. The summed E-state index contributed by atoms with van der Waals surface area (Å²) < 4.78 is 1.93. The van der Waals surface area contributed by atoms with E-state index in [4.69, 9.17) is 5.73 Å². The predicted octanol–water partition coefficient (Wildman–Crippen LogP) is 2.66. The van der Waals surface area contributed by atoms with Crippen LogP contribution in [0.15, 0.2) is 47.9 Å². The highest BCUT2D eigenvalue weighted by Crippen LogP contribution is 2.30. The van der Waals surface area contributed by atoms with Gasteiger partial charge in [-0.05, 0) is 25.1 Å². The molecule has 2 aromatic heterocycles. The number of carbonyl (C=O) groups excluding carboxylic acids is 1. The Balaban J connectivity index is 1.86. The first-order valence-electron chi connectivity index (χ1n) is 8.04. The number of primary amides is 1. The Morgan fingerprint density at radius 1 is 1.26 bits per heavy atom. The topological polar surface area (TPSA) is 130 Å². The van der Waals surface area contributed by atoms with E-state index in [2.05, 4.69) is 15.2 Å². The summed E-state index contributed by atoms with van der Waals surface area (Å²) in [6.07, 6.45) is 3.36. The van der Waals surface area contributed by atoms with Crippen molar-refractivity contribution in [1.82, 2.24) is 19.7 Å². The van der Waals surface area contributed by atoms with Crippen molar-refractivity contribution in [2.24, 2.45) is 5.73 Å². The van der Waals surface area contributed by atoms with E-state index < -0.39 is 10.8 Å². The number of benzene rings is 1. The fraction of sp³-hybridized carbons (Fsp3) is 0.176. The number of hydrogen-bond donors (Lipinski definition) is 1. The van der Waals surface area contributed by atoms with Crippen molar-refractivity contribution in [1.29, 1.82) is 0 Å². The zero-order valence-electron chi connectivity index (χ0n) is 14.4. The summed E-state index contributed by atoms with van der Waals surface area (Å²) in [5, 5.41) is 20.4. The minimum absolute atomic E-state index is 0.104. The lowest BCUT2D eigenvalue weighted by molar-refractivity contribution is -0.385. The van der Waals surface area contributed by atoms with E-state index in [0.717, 1.165) is 5.56 Å². The highest BCUT2D eigenvalue weighted by Gasteiger charge is 2.19. The molecule has 9 nitrogen and oxygen atoms in total. The van der Waals surface area contributed by atoms with Crippen LogP contribution in [0.25, 0.3) is 11.4 Å². The maximum atomic E-state index is 11.3. The summed E-state index contributed by atoms with van der Waals surface area (Å²) in [7, 11) is 0. The zero-order valence-corrected chi connectivity index (χ0v) is 15.2. The van der Waals surface area contributed by atoms with Crippen LogP contribution in [-0.2, 0) is 12.3 Å². The Kier molecular flexibility index (Phi) is 5.46. The number of aromatic nitrogens is 4. The molecule has 3 rings (SSSR count). The van der Waals surface area contributed by atoms with E-state index in [1.54, 1.807) is 18.5 Å². The molecule has 3 aromatic rings. The summed E-state index contributed by atoms with van der Waals surface area (Å²) in [5.74, 6) is 0.315. The fourth-order valence-electron chi connectivity index (χ4n) is 2.55. The van der Waals surface area contributed by atoms with E-state index in [1.165, 1.54) is 23.9 Å². The van der Waals surface area contributed by atoms with Gasteiger partial charge in [0.1, 0.15) is 0 Å². The van der Waals surface area contributed by atoms with Gasteiger partial charge in [-0.2, -0.15) is 0 Å². The second kappa shape index (κ2) is 7.96. The van der Waals surface area contributed by atoms with Gasteiger partial charge in [-0.25, -0.2) is 0 Å². The van der Waals surface area contributed by atoms with Gasteiger partial charge >= 0.3 is 0 Å². The molecule has 1 amide bonds. The average molecular weight is 384 g/mol. The molecule has 0 aliphatic rings. The molecule has 0 saturated carbocycles. The maximum Gasteiger partial charge on any atom is 0.274 e.